The van der Waals surface area contributed by atoms with Crippen molar-refractivity contribution in [1.29, 1.82) is 0 Å². The van der Waals surface area contributed by atoms with Crippen molar-refractivity contribution in [2.45, 2.75) is 72.1 Å². The highest BCUT2D eigenvalue weighted by molar-refractivity contribution is 6.08. The Hall–Kier alpha value is -3.31. The molecule has 0 saturated heterocycles. The molecule has 5 heteroatoms. The first-order chi connectivity index (χ1) is 18.2. The van der Waals surface area contributed by atoms with E-state index < -0.39 is 0 Å². The largest absolute Gasteiger partial charge is 0.493 e. The molecule has 1 N–H and O–H groups in total. The molecule has 2 aromatic carbocycles. The molecule has 6 rings (SSSR count). The minimum Gasteiger partial charge on any atom is -0.493 e. The van der Waals surface area contributed by atoms with Crippen LogP contribution in [-0.4, -0.2) is 35.1 Å². The first kappa shape index (κ1) is 26.7. The highest BCUT2D eigenvalue weighted by Crippen LogP contribution is 2.44. The molecule has 0 bridgehead atoms. The number of hydrogen-bond donors (Lipinski definition) is 1. The normalized spacial score (nSPS) is 14.1. The average molecular weight is 499 g/mol. The molecule has 4 aromatic rings. The molecule has 37 heavy (non-hydrogen) atoms. The van der Waals surface area contributed by atoms with Gasteiger partial charge in [0, 0.05) is 47.7 Å². The smallest absolute Gasteiger partial charge is 0.129 e. The second kappa shape index (κ2) is 11.8. The summed E-state index contributed by atoms with van der Waals surface area (Å²) >= 11 is 0. The number of aromatic nitrogens is 2. The molecule has 2 aromatic heterocycles. The fraction of sp³-hybridized carbons (Fsp3) is 0.406. The number of carbonyl (C=O) groups is 1. The van der Waals surface area contributed by atoms with E-state index in [1.165, 1.54) is 23.1 Å². The van der Waals surface area contributed by atoms with Crippen LogP contribution in [0.2, 0.25) is 0 Å². The Morgan fingerprint density at radius 3 is 2.54 bits per heavy atom. The predicted octanol–water partition coefficient (Wildman–Crippen LogP) is 6.90. The Balaban J connectivity index is 0.000000765. The summed E-state index contributed by atoms with van der Waals surface area (Å²) < 4.78 is 5.99. The zero-order valence-electron chi connectivity index (χ0n) is 22.7. The number of aliphatic hydroxyl groups is 1. The lowest BCUT2D eigenvalue weighted by Crippen LogP contribution is -2.11. The quantitative estimate of drug-likeness (QED) is 0.303. The standard InChI is InChI=1S/C29H28N2O2.C2H6.CH4O/c1-3-5-21(16-32)26-17(2)31-24-15-20-7-4-6-19(20)14-23(24)28(26)22-8-9-25-27-18(11-13-33-25)10-12-30-29(22)27;2*1-2/h8-10,12,14-16,21H,3-7,11,13H2,1-2H3;1-2H3;2H,1H3. The number of aldehydes is 1. The van der Waals surface area contributed by atoms with Crippen molar-refractivity contribution < 1.29 is 14.6 Å². The lowest BCUT2D eigenvalue weighted by Gasteiger charge is -2.23. The van der Waals surface area contributed by atoms with Gasteiger partial charge in [-0.25, -0.2) is 0 Å². The van der Waals surface area contributed by atoms with E-state index in [1.807, 2.05) is 20.0 Å². The van der Waals surface area contributed by atoms with E-state index in [1.54, 1.807) is 0 Å². The molecule has 1 atom stereocenters. The third-order valence-corrected chi connectivity index (χ3v) is 7.40. The molecule has 194 valence electrons. The van der Waals surface area contributed by atoms with E-state index in [4.69, 9.17) is 19.8 Å². The Labute approximate surface area is 219 Å². The van der Waals surface area contributed by atoms with Gasteiger partial charge in [0.1, 0.15) is 12.0 Å². The second-order valence-electron chi connectivity index (χ2n) is 9.41. The van der Waals surface area contributed by atoms with Gasteiger partial charge in [0.25, 0.3) is 0 Å². The van der Waals surface area contributed by atoms with E-state index in [9.17, 15) is 4.79 Å². The van der Waals surface area contributed by atoms with Crippen LogP contribution >= 0.6 is 0 Å². The van der Waals surface area contributed by atoms with E-state index in [0.717, 1.165) is 95.4 Å². The van der Waals surface area contributed by atoms with E-state index in [0.29, 0.717) is 6.61 Å². The predicted molar refractivity (Wildman–Crippen MR) is 152 cm³/mol. The highest BCUT2D eigenvalue weighted by Gasteiger charge is 2.26. The molecular weight excluding hydrogens is 460 g/mol. The molecule has 3 heterocycles. The summed E-state index contributed by atoms with van der Waals surface area (Å²) in [5.41, 5.74) is 10.3. The van der Waals surface area contributed by atoms with Crippen molar-refractivity contribution in [1.82, 2.24) is 9.97 Å². The van der Waals surface area contributed by atoms with Gasteiger partial charge in [0.05, 0.1) is 17.6 Å². The van der Waals surface area contributed by atoms with Crippen LogP contribution in [0, 0.1) is 6.92 Å². The molecule has 1 aliphatic heterocycles. The summed E-state index contributed by atoms with van der Waals surface area (Å²) in [5, 5.41) is 9.24. The van der Waals surface area contributed by atoms with Crippen LogP contribution in [0.5, 0.6) is 5.75 Å². The Morgan fingerprint density at radius 1 is 1.05 bits per heavy atom. The van der Waals surface area contributed by atoms with Gasteiger partial charge in [-0.15, -0.1) is 0 Å². The summed E-state index contributed by atoms with van der Waals surface area (Å²) in [7, 11) is 1.00. The van der Waals surface area contributed by atoms with Crippen LogP contribution in [-0.2, 0) is 24.1 Å². The molecule has 1 unspecified atom stereocenters. The van der Waals surface area contributed by atoms with Crippen LogP contribution in [0.3, 0.4) is 0 Å². The third kappa shape index (κ3) is 4.73. The molecule has 2 aliphatic rings. The molecule has 0 radical (unpaired) electrons. The average Bonchev–Trinajstić information content (AvgIpc) is 3.41. The van der Waals surface area contributed by atoms with Crippen LogP contribution in [0.15, 0.2) is 36.5 Å². The number of aryl methyl sites for hydroxylation is 3. The zero-order valence-corrected chi connectivity index (χ0v) is 22.7. The van der Waals surface area contributed by atoms with Gasteiger partial charge in [-0.3, -0.25) is 9.97 Å². The lowest BCUT2D eigenvalue weighted by molar-refractivity contribution is -0.109. The number of fused-ring (bicyclic) bond motifs is 2. The van der Waals surface area contributed by atoms with Crippen LogP contribution in [0.25, 0.3) is 32.9 Å². The molecule has 0 amide bonds. The highest BCUT2D eigenvalue weighted by atomic mass is 16.5. The third-order valence-electron chi connectivity index (χ3n) is 7.40. The van der Waals surface area contributed by atoms with Gasteiger partial charge < -0.3 is 14.6 Å². The molecule has 0 spiro atoms. The van der Waals surface area contributed by atoms with Gasteiger partial charge >= 0.3 is 0 Å². The molecule has 0 fully saturated rings. The minimum absolute atomic E-state index is 0.183. The maximum absolute atomic E-state index is 12.3. The molecule has 5 nitrogen and oxygen atoms in total. The maximum atomic E-state index is 12.3. The number of carbonyl (C=O) groups excluding carboxylic acids is 1. The summed E-state index contributed by atoms with van der Waals surface area (Å²) in [5.74, 6) is 0.721. The van der Waals surface area contributed by atoms with E-state index in [-0.39, 0.29) is 5.92 Å². The maximum Gasteiger partial charge on any atom is 0.129 e. The molecular formula is C32H38N2O3. The van der Waals surface area contributed by atoms with Crippen LogP contribution in [0.4, 0.5) is 0 Å². The summed E-state index contributed by atoms with van der Waals surface area (Å²) in [6.45, 7) is 8.89. The number of pyridine rings is 2. The fourth-order valence-corrected chi connectivity index (χ4v) is 5.91. The van der Waals surface area contributed by atoms with Crippen molar-refractivity contribution in [2.24, 2.45) is 0 Å². The topological polar surface area (TPSA) is 72.3 Å². The van der Waals surface area contributed by atoms with Gasteiger partial charge in [0.2, 0.25) is 0 Å². The van der Waals surface area contributed by atoms with Crippen LogP contribution < -0.4 is 4.74 Å². The number of rotatable bonds is 5. The summed E-state index contributed by atoms with van der Waals surface area (Å²) in [4.78, 5) is 22.2. The summed E-state index contributed by atoms with van der Waals surface area (Å²) in [6, 6.07) is 10.9. The summed E-state index contributed by atoms with van der Waals surface area (Å²) in [6.07, 6.45) is 9.09. The Morgan fingerprint density at radius 2 is 1.81 bits per heavy atom. The fourth-order valence-electron chi connectivity index (χ4n) is 5.91. The van der Waals surface area contributed by atoms with Crippen molar-refractivity contribution in [3.63, 3.8) is 0 Å². The number of nitrogens with zero attached hydrogens (tertiary/aromatic N) is 2. The molecule has 0 saturated carbocycles. The monoisotopic (exact) mass is 498 g/mol. The minimum atomic E-state index is -0.183. The van der Waals surface area contributed by atoms with E-state index in [2.05, 4.69) is 44.2 Å². The van der Waals surface area contributed by atoms with Gasteiger partial charge in [-0.05, 0) is 90.8 Å². The Bertz CT molecular complexity index is 1420. The number of aliphatic hydroxyl groups excluding tert-OH is 1. The van der Waals surface area contributed by atoms with Crippen LogP contribution in [0.1, 0.15) is 73.9 Å². The van der Waals surface area contributed by atoms with Crippen molar-refractivity contribution in [3.05, 3.63) is 64.5 Å². The first-order valence-corrected chi connectivity index (χ1v) is 13.6. The van der Waals surface area contributed by atoms with Crippen molar-refractivity contribution >= 4 is 28.1 Å². The van der Waals surface area contributed by atoms with Gasteiger partial charge in [-0.2, -0.15) is 0 Å². The number of hydrogen-bond acceptors (Lipinski definition) is 5. The van der Waals surface area contributed by atoms with Gasteiger partial charge in [0.15, 0.2) is 0 Å². The number of ether oxygens (including phenoxy) is 1. The lowest BCUT2D eigenvalue weighted by atomic mass is 9.83. The zero-order chi connectivity index (χ0) is 26.5. The van der Waals surface area contributed by atoms with Crippen molar-refractivity contribution in [3.8, 4) is 16.9 Å². The SMILES string of the molecule is CC.CCCC(C=O)c1c(C)nc2cc3c(cc2c1-c1ccc2c4c(ccnc14)CCO2)CCC3.CO. The van der Waals surface area contributed by atoms with Gasteiger partial charge in [-0.1, -0.05) is 27.2 Å². The first-order valence-electron chi connectivity index (χ1n) is 13.6. The Kier molecular flexibility index (Phi) is 8.55. The molecule has 1 aliphatic carbocycles. The second-order valence-corrected chi connectivity index (χ2v) is 9.41. The number of benzene rings is 2. The van der Waals surface area contributed by atoms with Crippen molar-refractivity contribution in [2.75, 3.05) is 13.7 Å². The van der Waals surface area contributed by atoms with E-state index >= 15 is 0 Å².